The monoisotopic (exact) mass is 258 g/mol. The lowest BCUT2D eigenvalue weighted by molar-refractivity contribution is 0.0895. The summed E-state index contributed by atoms with van der Waals surface area (Å²) in [5.41, 5.74) is 0.0164. The average Bonchev–Trinajstić information content (AvgIpc) is 2.29. The summed E-state index contributed by atoms with van der Waals surface area (Å²) >= 11 is 5.62. The number of H-pyrrole nitrogens is 1. The van der Waals surface area contributed by atoms with Crippen LogP contribution >= 0.6 is 11.6 Å². The van der Waals surface area contributed by atoms with Gasteiger partial charge in [-0.1, -0.05) is 0 Å². The Balaban J connectivity index is 2.66. The number of hydrogen-bond acceptors (Lipinski definition) is 3. The van der Waals surface area contributed by atoms with E-state index in [1.807, 2.05) is 0 Å². The van der Waals surface area contributed by atoms with Crippen LogP contribution in [0.1, 0.15) is 16.8 Å². The molecular weight excluding hydrogens is 244 g/mol. The van der Waals surface area contributed by atoms with E-state index in [1.54, 1.807) is 13.2 Å². The van der Waals surface area contributed by atoms with Crippen LogP contribution < -0.4 is 10.9 Å². The van der Waals surface area contributed by atoms with Crippen molar-refractivity contribution in [3.8, 4) is 0 Å². The Morgan fingerprint density at radius 3 is 3.00 bits per heavy atom. The van der Waals surface area contributed by atoms with Gasteiger partial charge in [-0.05, 0) is 12.5 Å². The molecule has 0 aliphatic heterocycles. The number of halogens is 1. The fourth-order valence-corrected chi connectivity index (χ4v) is 1.65. The van der Waals surface area contributed by atoms with Crippen molar-refractivity contribution in [3.05, 3.63) is 34.2 Å². The van der Waals surface area contributed by atoms with Crippen molar-refractivity contribution in [1.82, 2.24) is 10.3 Å². The van der Waals surface area contributed by atoms with Gasteiger partial charge in [0.05, 0.1) is 12.6 Å². The smallest absolute Gasteiger partial charge is 0.251 e. The maximum Gasteiger partial charge on any atom is 0.251 e. The standard InChI is InChI=1S/C11H15ClN2O3/c1-17-7-9(2-4-12)14-11(16)8-3-5-13-10(15)6-8/h3,5-6,9H,2,4,7H2,1H3,(H,13,15)(H,14,16). The Bertz CT molecular complexity index is 413. The number of rotatable bonds is 6. The molecule has 17 heavy (non-hydrogen) atoms. The summed E-state index contributed by atoms with van der Waals surface area (Å²) in [5, 5.41) is 2.76. The number of amides is 1. The van der Waals surface area contributed by atoms with Crippen molar-refractivity contribution >= 4 is 17.5 Å². The summed E-state index contributed by atoms with van der Waals surface area (Å²) in [6, 6.07) is 2.64. The summed E-state index contributed by atoms with van der Waals surface area (Å²) in [6.45, 7) is 0.391. The summed E-state index contributed by atoms with van der Waals surface area (Å²) in [6.07, 6.45) is 2.05. The molecule has 5 nitrogen and oxygen atoms in total. The molecule has 6 heteroatoms. The van der Waals surface area contributed by atoms with Crippen molar-refractivity contribution in [2.45, 2.75) is 12.5 Å². The molecule has 94 valence electrons. The van der Waals surface area contributed by atoms with Gasteiger partial charge in [0.2, 0.25) is 5.56 Å². The van der Waals surface area contributed by atoms with Crippen LogP contribution in [0.2, 0.25) is 0 Å². The van der Waals surface area contributed by atoms with Gasteiger partial charge in [-0.25, -0.2) is 0 Å². The SMILES string of the molecule is COCC(CCCl)NC(=O)c1cc[nH]c(=O)c1. The molecule has 1 aromatic rings. The van der Waals surface area contributed by atoms with Crippen LogP contribution in [0.4, 0.5) is 0 Å². The Labute approximate surface area is 104 Å². The lowest BCUT2D eigenvalue weighted by Crippen LogP contribution is -2.38. The topological polar surface area (TPSA) is 71.2 Å². The zero-order chi connectivity index (χ0) is 12.7. The van der Waals surface area contributed by atoms with Crippen LogP contribution in [-0.2, 0) is 4.74 Å². The molecule has 1 aromatic heterocycles. The predicted molar refractivity (Wildman–Crippen MR) is 65.5 cm³/mol. The summed E-state index contributed by atoms with van der Waals surface area (Å²) in [7, 11) is 1.56. The van der Waals surface area contributed by atoms with Crippen molar-refractivity contribution in [3.63, 3.8) is 0 Å². The first-order valence-corrected chi connectivity index (χ1v) is 5.75. The average molecular weight is 259 g/mol. The van der Waals surface area contributed by atoms with Crippen LogP contribution in [0, 0.1) is 0 Å². The number of pyridine rings is 1. The quantitative estimate of drug-likeness (QED) is 0.740. The number of carbonyl (C=O) groups excluding carboxylic acids is 1. The third-order valence-electron chi connectivity index (χ3n) is 2.20. The molecule has 0 aliphatic carbocycles. The normalized spacial score (nSPS) is 12.1. The number of nitrogens with one attached hydrogen (secondary N) is 2. The summed E-state index contributed by atoms with van der Waals surface area (Å²) < 4.78 is 4.98. The van der Waals surface area contributed by atoms with Gasteiger partial charge in [0.1, 0.15) is 0 Å². The zero-order valence-electron chi connectivity index (χ0n) is 9.53. The van der Waals surface area contributed by atoms with Gasteiger partial charge in [0.25, 0.3) is 5.91 Å². The number of aromatic amines is 1. The van der Waals surface area contributed by atoms with E-state index in [-0.39, 0.29) is 17.5 Å². The van der Waals surface area contributed by atoms with Gasteiger partial charge >= 0.3 is 0 Å². The molecule has 1 atom stereocenters. The molecule has 0 fully saturated rings. The predicted octanol–water partition coefficient (Wildman–Crippen LogP) is 0.749. The summed E-state index contributed by atoms with van der Waals surface area (Å²) in [5.74, 6) is 0.132. The maximum absolute atomic E-state index is 11.8. The fraction of sp³-hybridized carbons (Fsp3) is 0.455. The molecule has 1 unspecified atom stereocenters. The van der Waals surface area contributed by atoms with E-state index in [0.29, 0.717) is 24.5 Å². The maximum atomic E-state index is 11.8. The first-order chi connectivity index (χ1) is 8.17. The molecule has 0 bridgehead atoms. The molecule has 0 aromatic carbocycles. The molecule has 1 amide bonds. The van der Waals surface area contributed by atoms with Crippen LogP contribution in [0.5, 0.6) is 0 Å². The fourth-order valence-electron chi connectivity index (χ4n) is 1.38. The van der Waals surface area contributed by atoms with E-state index in [9.17, 15) is 9.59 Å². The Morgan fingerprint density at radius 2 is 2.41 bits per heavy atom. The molecule has 2 N–H and O–H groups in total. The van der Waals surface area contributed by atoms with Gasteiger partial charge in [-0.2, -0.15) is 0 Å². The first kappa shape index (κ1) is 13.7. The van der Waals surface area contributed by atoms with E-state index in [4.69, 9.17) is 16.3 Å². The number of carbonyl (C=O) groups is 1. The summed E-state index contributed by atoms with van der Waals surface area (Å²) in [4.78, 5) is 25.3. The number of ether oxygens (including phenoxy) is 1. The number of hydrogen-bond donors (Lipinski definition) is 2. The molecule has 0 saturated carbocycles. The highest BCUT2D eigenvalue weighted by Crippen LogP contribution is 1.99. The lowest BCUT2D eigenvalue weighted by Gasteiger charge is -2.16. The van der Waals surface area contributed by atoms with Gasteiger partial charge < -0.3 is 15.0 Å². The van der Waals surface area contributed by atoms with Crippen molar-refractivity contribution in [2.24, 2.45) is 0 Å². The largest absolute Gasteiger partial charge is 0.383 e. The van der Waals surface area contributed by atoms with Crippen LogP contribution in [0.15, 0.2) is 23.1 Å². The van der Waals surface area contributed by atoms with Gasteiger partial charge in [-0.3, -0.25) is 9.59 Å². The minimum Gasteiger partial charge on any atom is -0.383 e. The molecule has 1 rings (SSSR count). The van der Waals surface area contributed by atoms with Crippen LogP contribution in [0.3, 0.4) is 0 Å². The second-order valence-electron chi connectivity index (χ2n) is 3.54. The molecular formula is C11H15ClN2O3. The van der Waals surface area contributed by atoms with Crippen molar-refractivity contribution < 1.29 is 9.53 Å². The number of aromatic nitrogens is 1. The minimum atomic E-state index is -0.307. The first-order valence-electron chi connectivity index (χ1n) is 5.22. The minimum absolute atomic E-state index is 0.149. The zero-order valence-corrected chi connectivity index (χ0v) is 10.3. The second-order valence-corrected chi connectivity index (χ2v) is 3.92. The molecule has 0 spiro atoms. The van der Waals surface area contributed by atoms with E-state index in [0.717, 1.165) is 0 Å². The lowest BCUT2D eigenvalue weighted by atomic mass is 10.2. The Morgan fingerprint density at radius 1 is 1.65 bits per heavy atom. The molecule has 0 radical (unpaired) electrons. The molecule has 1 heterocycles. The molecule has 0 saturated heterocycles. The van der Waals surface area contributed by atoms with Gasteiger partial charge in [0.15, 0.2) is 0 Å². The van der Waals surface area contributed by atoms with E-state index in [1.165, 1.54) is 12.3 Å². The van der Waals surface area contributed by atoms with Crippen LogP contribution in [0.25, 0.3) is 0 Å². The van der Waals surface area contributed by atoms with Gasteiger partial charge in [0, 0.05) is 30.8 Å². The van der Waals surface area contributed by atoms with E-state index >= 15 is 0 Å². The Hall–Kier alpha value is -1.33. The Kier molecular flexibility index (Phi) is 5.72. The van der Waals surface area contributed by atoms with E-state index in [2.05, 4.69) is 10.3 Å². The second kappa shape index (κ2) is 7.09. The van der Waals surface area contributed by atoms with Gasteiger partial charge in [-0.15, -0.1) is 11.6 Å². The number of methoxy groups -OCH3 is 1. The third kappa shape index (κ3) is 4.58. The molecule has 0 aliphatic rings. The van der Waals surface area contributed by atoms with Crippen molar-refractivity contribution in [1.29, 1.82) is 0 Å². The highest BCUT2D eigenvalue weighted by atomic mass is 35.5. The van der Waals surface area contributed by atoms with Crippen LogP contribution in [-0.4, -0.2) is 36.5 Å². The highest BCUT2D eigenvalue weighted by molar-refractivity contribution is 6.17. The highest BCUT2D eigenvalue weighted by Gasteiger charge is 2.13. The van der Waals surface area contributed by atoms with E-state index < -0.39 is 0 Å². The number of alkyl halides is 1. The third-order valence-corrected chi connectivity index (χ3v) is 2.42. The van der Waals surface area contributed by atoms with Crippen molar-refractivity contribution in [2.75, 3.05) is 19.6 Å².